The molecule has 5 heteroatoms. The Hall–Kier alpha value is -2.14. The lowest BCUT2D eigenvalue weighted by atomic mass is 10.2. The number of allylic oxidation sites excluding steroid dienone is 1. The molecule has 25 heavy (non-hydrogen) atoms. The number of aryl methyl sites for hydroxylation is 1. The van der Waals surface area contributed by atoms with Crippen molar-refractivity contribution in [3.05, 3.63) is 35.8 Å². The Balaban J connectivity index is 1.88. The van der Waals surface area contributed by atoms with E-state index in [1.54, 1.807) is 0 Å². The first-order chi connectivity index (χ1) is 12.3. The van der Waals surface area contributed by atoms with Crippen molar-refractivity contribution in [2.75, 3.05) is 13.1 Å². The molecule has 5 nitrogen and oxygen atoms in total. The van der Waals surface area contributed by atoms with Gasteiger partial charge in [-0.15, -0.1) is 0 Å². The van der Waals surface area contributed by atoms with Crippen LogP contribution in [-0.2, 0) is 13.0 Å². The zero-order chi connectivity index (χ0) is 17.4. The van der Waals surface area contributed by atoms with Crippen molar-refractivity contribution in [1.29, 1.82) is 0 Å². The van der Waals surface area contributed by atoms with Crippen LogP contribution in [0.2, 0.25) is 0 Å². The lowest BCUT2D eigenvalue weighted by Gasteiger charge is -2.20. The van der Waals surface area contributed by atoms with Gasteiger partial charge in [0.1, 0.15) is 0 Å². The Kier molecular flexibility index (Phi) is 4.34. The van der Waals surface area contributed by atoms with Gasteiger partial charge < -0.3 is 0 Å². The third-order valence-corrected chi connectivity index (χ3v) is 5.16. The summed E-state index contributed by atoms with van der Waals surface area (Å²) in [5, 5.41) is 0. The molecule has 0 atom stereocenters. The molecule has 0 bridgehead atoms. The van der Waals surface area contributed by atoms with E-state index in [0.29, 0.717) is 0 Å². The molecule has 0 unspecified atom stereocenters. The highest BCUT2D eigenvalue weighted by atomic mass is 15.2. The largest absolute Gasteiger partial charge is 0.298 e. The minimum absolute atomic E-state index is 0.902. The topological polar surface area (TPSA) is 38.4 Å². The Morgan fingerprint density at radius 3 is 2.84 bits per heavy atom. The Bertz CT molecular complexity index is 913. The molecule has 1 aliphatic rings. The summed E-state index contributed by atoms with van der Waals surface area (Å²) in [6, 6.07) is 4.16. The van der Waals surface area contributed by atoms with Crippen LogP contribution in [0.15, 0.2) is 24.4 Å². The minimum atomic E-state index is 0.902. The Labute approximate surface area is 149 Å². The summed E-state index contributed by atoms with van der Waals surface area (Å²) in [5.41, 5.74) is 4.63. The van der Waals surface area contributed by atoms with E-state index in [2.05, 4.69) is 45.0 Å². The number of nitrogens with zero attached hydrogens (tertiary/aromatic N) is 5. The minimum Gasteiger partial charge on any atom is -0.298 e. The highest BCUT2D eigenvalue weighted by Crippen LogP contribution is 2.31. The Morgan fingerprint density at radius 2 is 2.16 bits per heavy atom. The van der Waals surface area contributed by atoms with Gasteiger partial charge in [-0.2, -0.15) is 0 Å². The van der Waals surface area contributed by atoms with Crippen molar-refractivity contribution < 1.29 is 0 Å². The smallest absolute Gasteiger partial charge is 0.220 e. The predicted molar refractivity (Wildman–Crippen MR) is 103 cm³/mol. The van der Waals surface area contributed by atoms with Crippen molar-refractivity contribution >= 4 is 23.1 Å². The van der Waals surface area contributed by atoms with Gasteiger partial charge in [-0.1, -0.05) is 19.9 Å². The van der Waals surface area contributed by atoms with Gasteiger partial charge in [0, 0.05) is 25.5 Å². The number of imidazole rings is 2. The molecule has 0 aliphatic heterocycles. The zero-order valence-corrected chi connectivity index (χ0v) is 15.4. The molecule has 4 rings (SSSR count). The molecule has 0 aromatic carbocycles. The van der Waals surface area contributed by atoms with Gasteiger partial charge in [-0.3, -0.25) is 13.9 Å². The zero-order valence-electron chi connectivity index (χ0n) is 15.4. The summed E-state index contributed by atoms with van der Waals surface area (Å²) in [6.45, 7) is 9.74. The van der Waals surface area contributed by atoms with Crippen molar-refractivity contribution in [3.63, 3.8) is 0 Å². The summed E-state index contributed by atoms with van der Waals surface area (Å²) in [7, 11) is 0. The highest BCUT2D eigenvalue weighted by molar-refractivity contribution is 5.80. The second kappa shape index (κ2) is 6.64. The van der Waals surface area contributed by atoms with Crippen LogP contribution in [0, 0.1) is 5.92 Å². The number of rotatable bonds is 7. The molecule has 0 radical (unpaired) electrons. The fraction of sp³-hybridized carbons (Fsp3) is 0.500. The number of pyridine rings is 1. The number of fused-ring (bicyclic) bond motifs is 3. The summed E-state index contributed by atoms with van der Waals surface area (Å²) < 4.78 is 4.42. The molecule has 0 spiro atoms. The van der Waals surface area contributed by atoms with Crippen molar-refractivity contribution in [1.82, 2.24) is 23.8 Å². The number of aromatic nitrogens is 4. The molecule has 1 aliphatic carbocycles. The van der Waals surface area contributed by atoms with Crippen LogP contribution >= 0.6 is 0 Å². The van der Waals surface area contributed by atoms with E-state index in [9.17, 15) is 0 Å². The second-order valence-corrected chi connectivity index (χ2v) is 6.96. The maximum Gasteiger partial charge on any atom is 0.220 e. The molecular formula is C20H27N5. The standard InChI is InChI=1S/C20H27N5/c1-4-12-24-19-17(8-7-11-21-19)25-18(16(5-2)22-20(24)25)14-23(6-3)13-15-9-10-15/h4,7-8,11-12,15H,5-6,9-10,13-14H2,1-3H3/b12-4+. The Morgan fingerprint density at radius 1 is 1.32 bits per heavy atom. The first kappa shape index (κ1) is 16.3. The van der Waals surface area contributed by atoms with Crippen molar-refractivity contribution in [2.45, 2.75) is 46.6 Å². The van der Waals surface area contributed by atoms with E-state index in [4.69, 9.17) is 4.98 Å². The van der Waals surface area contributed by atoms with Gasteiger partial charge in [0.25, 0.3) is 0 Å². The second-order valence-electron chi connectivity index (χ2n) is 6.96. The average molecular weight is 337 g/mol. The van der Waals surface area contributed by atoms with E-state index < -0.39 is 0 Å². The van der Waals surface area contributed by atoms with Crippen LogP contribution in [0.5, 0.6) is 0 Å². The van der Waals surface area contributed by atoms with E-state index in [1.807, 2.05) is 25.3 Å². The normalized spacial score (nSPS) is 15.4. The third-order valence-electron chi connectivity index (χ3n) is 5.16. The third kappa shape index (κ3) is 2.86. The summed E-state index contributed by atoms with van der Waals surface area (Å²) in [6.07, 6.45) is 9.69. The molecule has 1 fully saturated rings. The van der Waals surface area contributed by atoms with Gasteiger partial charge >= 0.3 is 0 Å². The molecule has 3 heterocycles. The van der Waals surface area contributed by atoms with Crippen LogP contribution < -0.4 is 0 Å². The summed E-state index contributed by atoms with van der Waals surface area (Å²) >= 11 is 0. The van der Waals surface area contributed by atoms with Crippen molar-refractivity contribution in [3.8, 4) is 0 Å². The van der Waals surface area contributed by atoms with Crippen LogP contribution in [0.4, 0.5) is 0 Å². The lowest BCUT2D eigenvalue weighted by molar-refractivity contribution is 0.264. The predicted octanol–water partition coefficient (Wildman–Crippen LogP) is 3.97. The SMILES string of the molecule is C/C=C/n1c2ncccc2n2c(CN(CC)CC3CC3)c(CC)nc12. The molecule has 0 saturated heterocycles. The summed E-state index contributed by atoms with van der Waals surface area (Å²) in [4.78, 5) is 12.1. The fourth-order valence-corrected chi connectivity index (χ4v) is 3.66. The van der Waals surface area contributed by atoms with E-state index in [0.717, 1.165) is 42.4 Å². The van der Waals surface area contributed by atoms with Gasteiger partial charge in [0.15, 0.2) is 5.65 Å². The molecular weight excluding hydrogens is 310 g/mol. The van der Waals surface area contributed by atoms with Gasteiger partial charge in [0.05, 0.1) is 16.9 Å². The van der Waals surface area contributed by atoms with Gasteiger partial charge in [0.2, 0.25) is 5.78 Å². The first-order valence-electron chi connectivity index (χ1n) is 9.47. The fourth-order valence-electron chi connectivity index (χ4n) is 3.66. The molecule has 3 aromatic heterocycles. The maximum absolute atomic E-state index is 4.98. The quantitative estimate of drug-likeness (QED) is 0.655. The molecule has 1 saturated carbocycles. The average Bonchev–Trinajstić information content (AvgIpc) is 3.31. The molecule has 3 aromatic rings. The van der Waals surface area contributed by atoms with Crippen LogP contribution in [0.3, 0.4) is 0 Å². The number of hydrogen-bond donors (Lipinski definition) is 0. The van der Waals surface area contributed by atoms with Crippen LogP contribution in [0.1, 0.15) is 45.0 Å². The lowest BCUT2D eigenvalue weighted by Crippen LogP contribution is -2.26. The van der Waals surface area contributed by atoms with E-state index in [1.165, 1.54) is 30.8 Å². The molecule has 0 amide bonds. The van der Waals surface area contributed by atoms with Gasteiger partial charge in [-0.25, -0.2) is 9.97 Å². The highest BCUT2D eigenvalue weighted by Gasteiger charge is 2.26. The first-order valence-corrected chi connectivity index (χ1v) is 9.47. The van der Waals surface area contributed by atoms with Gasteiger partial charge in [-0.05, 0) is 50.8 Å². The number of hydrogen-bond acceptors (Lipinski definition) is 3. The van der Waals surface area contributed by atoms with E-state index >= 15 is 0 Å². The summed E-state index contributed by atoms with van der Waals surface area (Å²) in [5.74, 6) is 1.88. The van der Waals surface area contributed by atoms with E-state index in [-0.39, 0.29) is 0 Å². The van der Waals surface area contributed by atoms with Crippen LogP contribution in [-0.4, -0.2) is 36.9 Å². The molecule has 132 valence electrons. The monoisotopic (exact) mass is 337 g/mol. The maximum atomic E-state index is 4.98. The molecule has 0 N–H and O–H groups in total. The van der Waals surface area contributed by atoms with Crippen LogP contribution in [0.25, 0.3) is 23.1 Å². The van der Waals surface area contributed by atoms with Crippen molar-refractivity contribution in [2.24, 2.45) is 5.92 Å².